The van der Waals surface area contributed by atoms with Crippen LogP contribution in [0, 0.1) is 11.3 Å². The van der Waals surface area contributed by atoms with Gasteiger partial charge in [0.25, 0.3) is 0 Å². The van der Waals surface area contributed by atoms with E-state index in [1.165, 1.54) is 64.7 Å². The average molecular weight is 252 g/mol. The third-order valence-corrected chi connectivity index (χ3v) is 5.23. The zero-order valence-electron chi connectivity index (χ0n) is 12.7. The number of nitrogens with zero attached hydrogens (tertiary/aromatic N) is 1. The summed E-state index contributed by atoms with van der Waals surface area (Å²) in [5.74, 6) is 0.866. The summed E-state index contributed by atoms with van der Waals surface area (Å²) in [5.41, 5.74) is 0.470. The predicted molar refractivity (Wildman–Crippen MR) is 78.9 cm³/mol. The molecule has 0 aliphatic carbocycles. The lowest BCUT2D eigenvalue weighted by Crippen LogP contribution is -2.49. The van der Waals surface area contributed by atoms with E-state index in [-0.39, 0.29) is 0 Å². The van der Waals surface area contributed by atoms with Gasteiger partial charge in [0.05, 0.1) is 0 Å². The molecule has 0 radical (unpaired) electrons. The van der Waals surface area contributed by atoms with E-state index in [4.69, 9.17) is 0 Å². The summed E-state index contributed by atoms with van der Waals surface area (Å²) in [6.45, 7) is 12.4. The minimum absolute atomic E-state index is 0.470. The van der Waals surface area contributed by atoms with Crippen molar-refractivity contribution in [3.05, 3.63) is 0 Å². The van der Waals surface area contributed by atoms with Gasteiger partial charge in [-0.25, -0.2) is 0 Å². The van der Waals surface area contributed by atoms with E-state index in [1.807, 2.05) is 0 Å². The Labute approximate surface area is 114 Å². The third-order valence-electron chi connectivity index (χ3n) is 5.23. The summed E-state index contributed by atoms with van der Waals surface area (Å²) in [5, 5.41) is 3.58. The monoisotopic (exact) mass is 252 g/mol. The van der Waals surface area contributed by atoms with E-state index in [1.54, 1.807) is 0 Å². The smallest absolute Gasteiger partial charge is 0.00928 e. The molecule has 0 amide bonds. The van der Waals surface area contributed by atoms with Crippen LogP contribution < -0.4 is 5.32 Å². The fourth-order valence-corrected chi connectivity index (χ4v) is 3.90. The zero-order chi connectivity index (χ0) is 13.0. The molecule has 0 spiro atoms. The summed E-state index contributed by atoms with van der Waals surface area (Å²) in [6, 6.07) is 0.856. The fourth-order valence-electron chi connectivity index (χ4n) is 3.90. The van der Waals surface area contributed by atoms with Crippen LogP contribution in [0.15, 0.2) is 0 Å². The lowest BCUT2D eigenvalue weighted by atomic mass is 9.74. The summed E-state index contributed by atoms with van der Waals surface area (Å²) < 4.78 is 0. The van der Waals surface area contributed by atoms with E-state index in [0.717, 1.165) is 12.0 Å². The average Bonchev–Trinajstić information content (AvgIpc) is 2.40. The highest BCUT2D eigenvalue weighted by molar-refractivity contribution is 4.88. The fraction of sp³-hybridized carbons (Fsp3) is 1.00. The van der Waals surface area contributed by atoms with Gasteiger partial charge in [0.1, 0.15) is 0 Å². The van der Waals surface area contributed by atoms with Crippen LogP contribution in [0.2, 0.25) is 0 Å². The summed E-state index contributed by atoms with van der Waals surface area (Å²) in [6.07, 6.45) is 8.40. The first-order valence-electron chi connectivity index (χ1n) is 8.08. The molecule has 2 unspecified atom stereocenters. The summed E-state index contributed by atoms with van der Waals surface area (Å²) >= 11 is 0. The highest BCUT2D eigenvalue weighted by Crippen LogP contribution is 2.34. The minimum atomic E-state index is 0.470. The Morgan fingerprint density at radius 2 is 2.00 bits per heavy atom. The highest BCUT2D eigenvalue weighted by atomic mass is 15.2. The molecule has 2 aliphatic heterocycles. The normalized spacial score (nSPS) is 31.5. The Morgan fingerprint density at radius 3 is 2.67 bits per heavy atom. The first-order valence-corrected chi connectivity index (χ1v) is 8.08. The van der Waals surface area contributed by atoms with Crippen molar-refractivity contribution in [3.63, 3.8) is 0 Å². The first kappa shape index (κ1) is 14.3. The molecule has 0 aromatic heterocycles. The number of rotatable bonds is 4. The maximum Gasteiger partial charge on any atom is 0.00928 e. The maximum absolute atomic E-state index is 3.58. The van der Waals surface area contributed by atoms with Gasteiger partial charge >= 0.3 is 0 Å². The molecule has 106 valence electrons. The molecule has 2 heterocycles. The highest BCUT2D eigenvalue weighted by Gasteiger charge is 2.34. The molecule has 0 saturated carbocycles. The van der Waals surface area contributed by atoms with Gasteiger partial charge in [-0.15, -0.1) is 0 Å². The molecule has 0 bridgehead atoms. The minimum Gasteiger partial charge on any atom is -0.316 e. The number of piperidine rings is 2. The van der Waals surface area contributed by atoms with Gasteiger partial charge in [-0.3, -0.25) is 4.90 Å². The molecule has 2 nitrogen and oxygen atoms in total. The van der Waals surface area contributed by atoms with Crippen molar-refractivity contribution in [3.8, 4) is 0 Å². The predicted octanol–water partition coefficient (Wildman–Crippen LogP) is 3.28. The van der Waals surface area contributed by atoms with Gasteiger partial charge in [0, 0.05) is 12.6 Å². The van der Waals surface area contributed by atoms with Crippen molar-refractivity contribution in [2.45, 2.75) is 65.3 Å². The van der Waals surface area contributed by atoms with Crippen molar-refractivity contribution in [1.82, 2.24) is 10.2 Å². The van der Waals surface area contributed by atoms with Crippen molar-refractivity contribution in [2.24, 2.45) is 11.3 Å². The Hall–Kier alpha value is -0.0800. The van der Waals surface area contributed by atoms with Crippen molar-refractivity contribution in [1.29, 1.82) is 0 Å². The largest absolute Gasteiger partial charge is 0.316 e. The molecule has 1 N–H and O–H groups in total. The number of likely N-dealkylation sites (tertiary alicyclic amines) is 1. The molecule has 2 atom stereocenters. The van der Waals surface area contributed by atoms with E-state index in [2.05, 4.69) is 31.0 Å². The molecule has 2 aliphatic rings. The summed E-state index contributed by atoms with van der Waals surface area (Å²) in [4.78, 5) is 2.79. The lowest BCUT2D eigenvalue weighted by molar-refractivity contribution is 0.0536. The Bertz CT molecular complexity index is 243. The topological polar surface area (TPSA) is 15.3 Å². The molecule has 18 heavy (non-hydrogen) atoms. The Kier molecular flexibility index (Phi) is 5.08. The quantitative estimate of drug-likeness (QED) is 0.826. The van der Waals surface area contributed by atoms with Gasteiger partial charge < -0.3 is 5.32 Å². The number of nitrogens with one attached hydrogen (secondary N) is 1. The number of hydrogen-bond donors (Lipinski definition) is 1. The lowest BCUT2D eigenvalue weighted by Gasteiger charge is -2.44. The summed E-state index contributed by atoms with van der Waals surface area (Å²) in [7, 11) is 0. The van der Waals surface area contributed by atoms with Crippen LogP contribution in [0.5, 0.6) is 0 Å². The molecule has 2 rings (SSSR count). The van der Waals surface area contributed by atoms with Crippen LogP contribution in [0.4, 0.5) is 0 Å². The van der Waals surface area contributed by atoms with E-state index in [0.29, 0.717) is 5.41 Å². The molecule has 0 aromatic rings. The zero-order valence-corrected chi connectivity index (χ0v) is 12.7. The molecular formula is C16H32N2. The second kappa shape index (κ2) is 6.38. The van der Waals surface area contributed by atoms with Crippen molar-refractivity contribution in [2.75, 3.05) is 26.2 Å². The maximum atomic E-state index is 3.58. The first-order chi connectivity index (χ1) is 8.63. The van der Waals surface area contributed by atoms with Crippen LogP contribution in [-0.4, -0.2) is 37.1 Å². The van der Waals surface area contributed by atoms with Gasteiger partial charge in [0.2, 0.25) is 0 Å². The van der Waals surface area contributed by atoms with Gasteiger partial charge in [-0.05, 0) is 63.1 Å². The van der Waals surface area contributed by atoms with Crippen LogP contribution in [-0.2, 0) is 0 Å². The van der Waals surface area contributed by atoms with E-state index in [9.17, 15) is 0 Å². The molecule has 0 aromatic carbocycles. The second-order valence-corrected chi connectivity index (χ2v) is 7.06. The van der Waals surface area contributed by atoms with E-state index >= 15 is 0 Å². The van der Waals surface area contributed by atoms with Crippen molar-refractivity contribution >= 4 is 0 Å². The SMILES string of the molecule is CCC1CCCCN1CC(C)(C)C1CCCNC1. The van der Waals surface area contributed by atoms with E-state index < -0.39 is 0 Å². The van der Waals surface area contributed by atoms with Crippen molar-refractivity contribution < 1.29 is 0 Å². The Balaban J connectivity index is 1.92. The number of hydrogen-bond acceptors (Lipinski definition) is 2. The Morgan fingerprint density at radius 1 is 1.17 bits per heavy atom. The molecular weight excluding hydrogens is 220 g/mol. The van der Waals surface area contributed by atoms with Crippen LogP contribution in [0.25, 0.3) is 0 Å². The molecule has 2 fully saturated rings. The van der Waals surface area contributed by atoms with Crippen LogP contribution >= 0.6 is 0 Å². The third kappa shape index (κ3) is 3.48. The molecule has 2 saturated heterocycles. The van der Waals surface area contributed by atoms with Gasteiger partial charge in [-0.1, -0.05) is 27.2 Å². The van der Waals surface area contributed by atoms with Gasteiger partial charge in [0.15, 0.2) is 0 Å². The van der Waals surface area contributed by atoms with Crippen LogP contribution in [0.3, 0.4) is 0 Å². The molecule has 2 heteroatoms. The second-order valence-electron chi connectivity index (χ2n) is 7.06. The standard InChI is InChI=1S/C16H32N2/c1-4-15-9-5-6-11-18(15)13-16(2,3)14-8-7-10-17-12-14/h14-15,17H,4-13H2,1-3H3. The van der Waals surface area contributed by atoms with Crippen LogP contribution in [0.1, 0.15) is 59.3 Å². The van der Waals surface area contributed by atoms with Gasteiger partial charge in [-0.2, -0.15) is 0 Å².